The Morgan fingerprint density at radius 3 is 2.50 bits per heavy atom. The van der Waals surface area contributed by atoms with E-state index in [1.807, 2.05) is 49.7 Å². The van der Waals surface area contributed by atoms with E-state index in [1.54, 1.807) is 19.2 Å². The number of nitrogens with zero attached hydrogens (tertiary/aromatic N) is 4. The van der Waals surface area contributed by atoms with Crippen LogP contribution < -0.4 is 5.32 Å². The van der Waals surface area contributed by atoms with Gasteiger partial charge in [-0.2, -0.15) is 5.10 Å². The van der Waals surface area contributed by atoms with Gasteiger partial charge in [-0.05, 0) is 33.3 Å². The van der Waals surface area contributed by atoms with Gasteiger partial charge in [0, 0.05) is 31.2 Å². The average molecular weight is 458 g/mol. The van der Waals surface area contributed by atoms with Crippen molar-refractivity contribution in [2.75, 3.05) is 25.9 Å². The van der Waals surface area contributed by atoms with Crippen LogP contribution in [-0.4, -0.2) is 59.3 Å². The molecule has 0 unspecified atom stereocenters. The van der Waals surface area contributed by atoms with Crippen LogP contribution in [0.25, 0.3) is 22.3 Å². The minimum Gasteiger partial charge on any atom is -0.352 e. The predicted octanol–water partition coefficient (Wildman–Crippen LogP) is 3.39. The maximum atomic E-state index is 13.1. The van der Waals surface area contributed by atoms with Gasteiger partial charge in [0.1, 0.15) is 0 Å². The van der Waals surface area contributed by atoms with E-state index in [9.17, 15) is 13.2 Å². The van der Waals surface area contributed by atoms with Crippen molar-refractivity contribution in [3.63, 3.8) is 0 Å². The molecule has 0 spiro atoms. The zero-order valence-electron chi connectivity index (χ0n) is 19.3. The number of hydrogen-bond acceptors (Lipinski definition) is 5. The Balaban J connectivity index is 1.87. The van der Waals surface area contributed by atoms with Gasteiger partial charge in [-0.3, -0.25) is 4.79 Å². The van der Waals surface area contributed by atoms with Gasteiger partial charge >= 0.3 is 0 Å². The van der Waals surface area contributed by atoms with Crippen LogP contribution in [-0.2, 0) is 10.0 Å². The van der Waals surface area contributed by atoms with Crippen LogP contribution in [0.3, 0.4) is 0 Å². The lowest BCUT2D eigenvalue weighted by Gasteiger charge is -2.17. The van der Waals surface area contributed by atoms with E-state index in [0.717, 1.165) is 11.1 Å². The quantitative estimate of drug-likeness (QED) is 0.497. The molecule has 1 amide bonds. The Bertz CT molecular complexity index is 1200. The molecule has 3 aromatic rings. The number of benzene rings is 1. The molecule has 3 rings (SSSR count). The number of carbonyl (C=O) groups excluding carboxylic acids is 1. The monoisotopic (exact) mass is 457 g/mol. The highest BCUT2D eigenvalue weighted by molar-refractivity contribution is 7.88. The fourth-order valence-electron chi connectivity index (χ4n) is 3.57. The molecular weight excluding hydrogens is 426 g/mol. The number of sulfonamides is 1. The molecule has 0 saturated carbocycles. The predicted molar refractivity (Wildman–Crippen MR) is 127 cm³/mol. The van der Waals surface area contributed by atoms with Gasteiger partial charge in [0.05, 0.1) is 29.1 Å². The summed E-state index contributed by atoms with van der Waals surface area (Å²) in [6, 6.07) is 9.91. The fourth-order valence-corrected chi connectivity index (χ4v) is 4.50. The molecule has 0 bridgehead atoms. The highest BCUT2D eigenvalue weighted by Crippen LogP contribution is 2.26. The molecule has 172 valence electrons. The molecule has 0 fully saturated rings. The minimum absolute atomic E-state index is 0.0974. The van der Waals surface area contributed by atoms with Gasteiger partial charge in [-0.25, -0.2) is 22.4 Å². The maximum absolute atomic E-state index is 13.1. The number of aromatic nitrogens is 3. The van der Waals surface area contributed by atoms with Crippen molar-refractivity contribution in [3.8, 4) is 11.3 Å². The van der Waals surface area contributed by atoms with Crippen molar-refractivity contribution in [1.82, 2.24) is 24.4 Å². The average Bonchev–Trinajstić information content (AvgIpc) is 3.16. The first kappa shape index (κ1) is 23.9. The van der Waals surface area contributed by atoms with Gasteiger partial charge in [-0.15, -0.1) is 0 Å². The molecule has 32 heavy (non-hydrogen) atoms. The summed E-state index contributed by atoms with van der Waals surface area (Å²) in [6.07, 6.45) is 3.40. The second kappa shape index (κ2) is 9.79. The van der Waals surface area contributed by atoms with Crippen LogP contribution >= 0.6 is 0 Å². The first-order valence-corrected chi connectivity index (χ1v) is 12.6. The summed E-state index contributed by atoms with van der Waals surface area (Å²) in [5.74, 6) is -0.225. The second-order valence-electron chi connectivity index (χ2n) is 8.21. The van der Waals surface area contributed by atoms with E-state index in [0.29, 0.717) is 48.3 Å². The summed E-state index contributed by atoms with van der Waals surface area (Å²) in [7, 11) is -3.24. The minimum atomic E-state index is -3.24. The van der Waals surface area contributed by atoms with Crippen LogP contribution in [0, 0.1) is 6.92 Å². The standard InChI is InChI=1S/C23H31N5O3S/c1-6-27(32(5,30)31)13-7-12-24-23(29)19-14-21(18-10-8-17(4)9-11-18)26-22-20(19)15-25-28(22)16(2)3/h8-11,14-16H,6-7,12-13H2,1-5H3,(H,24,29). The topological polar surface area (TPSA) is 97.2 Å². The summed E-state index contributed by atoms with van der Waals surface area (Å²) in [4.78, 5) is 17.9. The zero-order chi connectivity index (χ0) is 23.5. The van der Waals surface area contributed by atoms with E-state index >= 15 is 0 Å². The molecule has 1 N–H and O–H groups in total. The van der Waals surface area contributed by atoms with Crippen molar-refractivity contribution in [2.45, 2.75) is 40.2 Å². The third kappa shape index (κ3) is 5.34. The molecule has 2 aromatic heterocycles. The molecule has 9 heteroatoms. The molecule has 0 atom stereocenters. The van der Waals surface area contributed by atoms with Crippen molar-refractivity contribution in [1.29, 1.82) is 0 Å². The van der Waals surface area contributed by atoms with Gasteiger partial charge in [0.15, 0.2) is 5.65 Å². The summed E-state index contributed by atoms with van der Waals surface area (Å²) >= 11 is 0. The third-order valence-corrected chi connectivity index (χ3v) is 6.72. The largest absolute Gasteiger partial charge is 0.352 e. The highest BCUT2D eigenvalue weighted by Gasteiger charge is 2.19. The fraction of sp³-hybridized carbons (Fsp3) is 0.435. The Labute approximate surface area is 189 Å². The number of fused-ring (bicyclic) bond motifs is 1. The lowest BCUT2D eigenvalue weighted by molar-refractivity contribution is 0.0954. The Kier molecular flexibility index (Phi) is 7.30. The lowest BCUT2D eigenvalue weighted by atomic mass is 10.1. The maximum Gasteiger partial charge on any atom is 0.252 e. The molecule has 1 aromatic carbocycles. The van der Waals surface area contributed by atoms with Crippen LogP contribution in [0.2, 0.25) is 0 Å². The van der Waals surface area contributed by atoms with E-state index in [2.05, 4.69) is 10.4 Å². The Morgan fingerprint density at radius 1 is 1.22 bits per heavy atom. The molecule has 8 nitrogen and oxygen atoms in total. The van der Waals surface area contributed by atoms with E-state index in [4.69, 9.17) is 4.98 Å². The zero-order valence-corrected chi connectivity index (χ0v) is 20.1. The molecular formula is C23H31N5O3S. The first-order chi connectivity index (χ1) is 15.1. The highest BCUT2D eigenvalue weighted by atomic mass is 32.2. The van der Waals surface area contributed by atoms with E-state index in [1.165, 1.54) is 10.6 Å². The molecule has 0 aliphatic carbocycles. The number of nitrogens with one attached hydrogen (secondary N) is 1. The Hall–Kier alpha value is -2.78. The lowest BCUT2D eigenvalue weighted by Crippen LogP contribution is -2.33. The van der Waals surface area contributed by atoms with Crippen LogP contribution in [0.1, 0.15) is 49.2 Å². The van der Waals surface area contributed by atoms with Crippen molar-refractivity contribution in [2.24, 2.45) is 0 Å². The van der Waals surface area contributed by atoms with Crippen LogP contribution in [0.5, 0.6) is 0 Å². The number of hydrogen-bond donors (Lipinski definition) is 1. The van der Waals surface area contributed by atoms with Crippen molar-refractivity contribution >= 4 is 27.0 Å². The normalized spacial score (nSPS) is 12.1. The number of carbonyl (C=O) groups is 1. The summed E-state index contributed by atoms with van der Waals surface area (Å²) in [5, 5.41) is 8.06. The summed E-state index contributed by atoms with van der Waals surface area (Å²) in [6.45, 7) is 9.00. The van der Waals surface area contributed by atoms with Gasteiger partial charge in [-0.1, -0.05) is 36.8 Å². The van der Waals surface area contributed by atoms with Crippen LogP contribution in [0.4, 0.5) is 0 Å². The molecule has 0 radical (unpaired) electrons. The van der Waals surface area contributed by atoms with Crippen LogP contribution in [0.15, 0.2) is 36.5 Å². The van der Waals surface area contributed by atoms with E-state index in [-0.39, 0.29) is 11.9 Å². The molecule has 2 heterocycles. The summed E-state index contributed by atoms with van der Waals surface area (Å²) < 4.78 is 26.7. The van der Waals surface area contributed by atoms with Gasteiger partial charge < -0.3 is 5.32 Å². The molecule has 0 aliphatic heterocycles. The number of aryl methyl sites for hydroxylation is 1. The number of rotatable bonds is 9. The first-order valence-electron chi connectivity index (χ1n) is 10.8. The number of pyridine rings is 1. The number of amides is 1. The Morgan fingerprint density at radius 2 is 1.91 bits per heavy atom. The van der Waals surface area contributed by atoms with Crippen molar-refractivity contribution in [3.05, 3.63) is 47.7 Å². The van der Waals surface area contributed by atoms with Gasteiger partial charge in [0.2, 0.25) is 10.0 Å². The molecule has 0 saturated heterocycles. The third-order valence-electron chi connectivity index (χ3n) is 5.34. The SMILES string of the molecule is CCN(CCCNC(=O)c1cc(-c2ccc(C)cc2)nc2c1cnn2C(C)C)S(C)(=O)=O. The second-order valence-corrected chi connectivity index (χ2v) is 10.2. The van der Waals surface area contributed by atoms with E-state index < -0.39 is 10.0 Å². The van der Waals surface area contributed by atoms with Gasteiger partial charge in [0.25, 0.3) is 5.91 Å². The summed E-state index contributed by atoms with van der Waals surface area (Å²) in [5.41, 5.74) is 3.95. The van der Waals surface area contributed by atoms with Crippen molar-refractivity contribution < 1.29 is 13.2 Å². The molecule has 0 aliphatic rings. The smallest absolute Gasteiger partial charge is 0.252 e.